The Morgan fingerprint density at radius 3 is 2.42 bits per heavy atom. The highest BCUT2D eigenvalue weighted by Crippen LogP contribution is 2.39. The van der Waals surface area contributed by atoms with Crippen molar-refractivity contribution in [2.45, 2.75) is 33.3 Å². The van der Waals surface area contributed by atoms with E-state index in [0.717, 1.165) is 16.7 Å². The molecule has 1 aliphatic heterocycles. The van der Waals surface area contributed by atoms with Crippen LogP contribution < -0.4 is 26.3 Å². The fourth-order valence-electron chi connectivity index (χ4n) is 3.72. The summed E-state index contributed by atoms with van der Waals surface area (Å²) in [7, 11) is 0. The van der Waals surface area contributed by atoms with Gasteiger partial charge in [0.15, 0.2) is 5.78 Å². The van der Waals surface area contributed by atoms with E-state index in [1.54, 1.807) is 24.3 Å². The van der Waals surface area contributed by atoms with E-state index < -0.39 is 6.10 Å². The van der Waals surface area contributed by atoms with Crippen molar-refractivity contribution >= 4 is 29.0 Å². The van der Waals surface area contributed by atoms with E-state index in [4.69, 9.17) is 20.9 Å². The van der Waals surface area contributed by atoms with Crippen LogP contribution >= 0.6 is 0 Å². The van der Waals surface area contributed by atoms with Gasteiger partial charge in [-0.2, -0.15) is 0 Å². The third-order valence-electron chi connectivity index (χ3n) is 5.77. The van der Waals surface area contributed by atoms with Gasteiger partial charge in [0, 0.05) is 23.8 Å². The van der Waals surface area contributed by atoms with Crippen LogP contribution in [-0.2, 0) is 0 Å². The van der Waals surface area contributed by atoms with E-state index in [1.165, 1.54) is 12.4 Å². The van der Waals surface area contributed by atoms with Gasteiger partial charge in [-0.1, -0.05) is 0 Å². The maximum absolute atomic E-state index is 12.8. The number of nitrogens with zero attached hydrogens (tertiary/aromatic N) is 2. The first-order chi connectivity index (χ1) is 15.7. The fraction of sp³-hybridized carbons (Fsp3) is 0.250. The van der Waals surface area contributed by atoms with Gasteiger partial charge in [0.25, 0.3) is 5.91 Å². The number of nitrogen functional groups attached to an aromatic ring is 2. The number of carbonyl (C=O) groups excluding carboxylic acids is 2. The van der Waals surface area contributed by atoms with Crippen molar-refractivity contribution in [1.82, 2.24) is 9.97 Å². The number of nitrogens with one attached hydrogen (secondary N) is 1. The molecule has 5 N–H and O–H groups in total. The summed E-state index contributed by atoms with van der Waals surface area (Å²) in [6, 6.07) is 6.89. The molecule has 9 heteroatoms. The maximum atomic E-state index is 12.8. The minimum atomic E-state index is -0.406. The van der Waals surface area contributed by atoms with Crippen LogP contribution in [-0.4, -0.2) is 34.4 Å². The van der Waals surface area contributed by atoms with E-state index >= 15 is 0 Å². The molecule has 0 saturated carbocycles. The zero-order chi connectivity index (χ0) is 23.7. The van der Waals surface area contributed by atoms with E-state index in [9.17, 15) is 9.59 Å². The zero-order valence-corrected chi connectivity index (χ0v) is 18.6. The smallest absolute Gasteiger partial charge is 0.258 e. The standard InChI is InChI=1S/C24H25N5O4/c1-12-13(2)22-20(14(3)21(12)25)19(30)8-18(33-22)11-32-17-6-4-16(5-7-17)29-23(31)15-9-27-24(26)28-10-15/h4-7,9-10,18H,8,11,25H2,1-3H3,(H,29,31)(H2,26,27,28). The number of ether oxygens (including phenoxy) is 2. The molecule has 0 spiro atoms. The van der Waals surface area contributed by atoms with E-state index in [-0.39, 0.29) is 30.7 Å². The quantitative estimate of drug-likeness (QED) is 0.506. The van der Waals surface area contributed by atoms with Crippen molar-refractivity contribution in [2.75, 3.05) is 23.4 Å². The molecule has 1 aromatic heterocycles. The molecule has 9 nitrogen and oxygen atoms in total. The third kappa shape index (κ3) is 4.43. The van der Waals surface area contributed by atoms with E-state index in [0.29, 0.717) is 34.0 Å². The number of nitrogens with two attached hydrogens (primary N) is 2. The van der Waals surface area contributed by atoms with Crippen LogP contribution in [0, 0.1) is 20.8 Å². The van der Waals surface area contributed by atoms with Gasteiger partial charge in [0.05, 0.1) is 17.5 Å². The summed E-state index contributed by atoms with van der Waals surface area (Å²) < 4.78 is 12.0. The number of ketones is 1. The molecule has 0 saturated heterocycles. The Kier molecular flexibility index (Phi) is 5.87. The SMILES string of the molecule is Cc1c(C)c2c(c(C)c1N)C(=O)CC(COc1ccc(NC(=O)c3cnc(N)nc3)cc1)O2. The van der Waals surface area contributed by atoms with Gasteiger partial charge in [0.2, 0.25) is 5.95 Å². The Balaban J connectivity index is 1.39. The molecule has 1 unspecified atom stereocenters. The first-order valence-corrected chi connectivity index (χ1v) is 10.5. The van der Waals surface area contributed by atoms with Gasteiger partial charge in [-0.05, 0) is 61.7 Å². The van der Waals surface area contributed by atoms with Crippen LogP contribution in [0.1, 0.15) is 43.8 Å². The molecule has 1 aliphatic rings. The number of benzene rings is 2. The van der Waals surface area contributed by atoms with Crippen LogP contribution in [0.15, 0.2) is 36.7 Å². The highest BCUT2D eigenvalue weighted by Gasteiger charge is 2.31. The second-order valence-corrected chi connectivity index (χ2v) is 7.98. The van der Waals surface area contributed by atoms with Gasteiger partial charge < -0.3 is 26.3 Å². The highest BCUT2D eigenvalue weighted by molar-refractivity contribution is 6.04. The second-order valence-electron chi connectivity index (χ2n) is 7.98. The first kappa shape index (κ1) is 22.1. The first-order valence-electron chi connectivity index (χ1n) is 10.5. The summed E-state index contributed by atoms with van der Waals surface area (Å²) in [6.07, 6.45) is 2.53. The molecule has 0 bridgehead atoms. The van der Waals surface area contributed by atoms with Crippen molar-refractivity contribution < 1.29 is 19.1 Å². The number of amides is 1. The summed E-state index contributed by atoms with van der Waals surface area (Å²) in [5.41, 5.74) is 16.2. The Morgan fingerprint density at radius 2 is 1.76 bits per heavy atom. The average Bonchev–Trinajstić information content (AvgIpc) is 2.81. The normalized spacial score (nSPS) is 14.9. The lowest BCUT2D eigenvalue weighted by molar-refractivity contribution is 0.0739. The summed E-state index contributed by atoms with van der Waals surface area (Å²) in [5.74, 6) is 0.936. The van der Waals surface area contributed by atoms with Crippen LogP contribution in [0.5, 0.6) is 11.5 Å². The molecule has 33 heavy (non-hydrogen) atoms. The Morgan fingerprint density at radius 1 is 1.09 bits per heavy atom. The number of hydrogen-bond acceptors (Lipinski definition) is 8. The van der Waals surface area contributed by atoms with Crippen LogP contribution in [0.2, 0.25) is 0 Å². The second kappa shape index (κ2) is 8.78. The Labute approximate surface area is 191 Å². The molecular weight excluding hydrogens is 422 g/mol. The lowest BCUT2D eigenvalue weighted by Crippen LogP contribution is -2.33. The van der Waals surface area contributed by atoms with Crippen molar-refractivity contribution in [3.63, 3.8) is 0 Å². The molecule has 2 aromatic carbocycles. The Hall–Kier alpha value is -4.14. The van der Waals surface area contributed by atoms with Gasteiger partial charge in [-0.3, -0.25) is 9.59 Å². The van der Waals surface area contributed by atoms with Gasteiger partial charge >= 0.3 is 0 Å². The van der Waals surface area contributed by atoms with Crippen LogP contribution in [0.4, 0.5) is 17.3 Å². The molecule has 1 atom stereocenters. The topological polar surface area (TPSA) is 142 Å². The average molecular weight is 447 g/mol. The summed E-state index contributed by atoms with van der Waals surface area (Å²) in [6.45, 7) is 5.89. The van der Waals surface area contributed by atoms with Crippen molar-refractivity contribution in [3.05, 3.63) is 64.5 Å². The predicted octanol–water partition coefficient (Wildman–Crippen LogP) is 3.23. The number of rotatable bonds is 5. The summed E-state index contributed by atoms with van der Waals surface area (Å²) in [4.78, 5) is 32.6. The minimum Gasteiger partial charge on any atom is -0.490 e. The fourth-order valence-corrected chi connectivity index (χ4v) is 3.72. The number of aromatic nitrogens is 2. The van der Waals surface area contributed by atoms with Crippen molar-refractivity contribution in [2.24, 2.45) is 0 Å². The molecule has 2 heterocycles. The number of carbonyl (C=O) groups is 2. The predicted molar refractivity (Wildman–Crippen MR) is 125 cm³/mol. The molecular formula is C24H25N5O4. The minimum absolute atomic E-state index is 0.00172. The van der Waals surface area contributed by atoms with Crippen molar-refractivity contribution in [3.8, 4) is 11.5 Å². The molecule has 0 fully saturated rings. The third-order valence-corrected chi connectivity index (χ3v) is 5.77. The van der Waals surface area contributed by atoms with Gasteiger partial charge in [-0.25, -0.2) is 9.97 Å². The lowest BCUT2D eigenvalue weighted by Gasteiger charge is -2.29. The maximum Gasteiger partial charge on any atom is 0.258 e. The number of Topliss-reactive ketones (excluding diaryl/α,β-unsaturated/α-hetero) is 1. The zero-order valence-electron chi connectivity index (χ0n) is 18.6. The largest absolute Gasteiger partial charge is 0.490 e. The molecule has 4 rings (SSSR count). The molecule has 3 aromatic rings. The molecule has 1 amide bonds. The summed E-state index contributed by atoms with van der Waals surface area (Å²) in [5, 5.41) is 2.75. The number of fused-ring (bicyclic) bond motifs is 1. The molecule has 0 aliphatic carbocycles. The highest BCUT2D eigenvalue weighted by atomic mass is 16.5. The van der Waals surface area contributed by atoms with Gasteiger partial charge in [0.1, 0.15) is 24.2 Å². The number of anilines is 3. The summed E-state index contributed by atoms with van der Waals surface area (Å²) >= 11 is 0. The lowest BCUT2D eigenvalue weighted by atomic mass is 9.90. The monoisotopic (exact) mass is 447 g/mol. The number of hydrogen-bond donors (Lipinski definition) is 3. The van der Waals surface area contributed by atoms with E-state index in [2.05, 4.69) is 15.3 Å². The van der Waals surface area contributed by atoms with E-state index in [1.807, 2.05) is 20.8 Å². The van der Waals surface area contributed by atoms with Crippen LogP contribution in [0.25, 0.3) is 0 Å². The van der Waals surface area contributed by atoms with Crippen LogP contribution in [0.3, 0.4) is 0 Å². The molecule has 0 radical (unpaired) electrons. The Bertz CT molecular complexity index is 1220. The molecule has 170 valence electrons. The van der Waals surface area contributed by atoms with Gasteiger partial charge in [-0.15, -0.1) is 0 Å². The van der Waals surface area contributed by atoms with Crippen molar-refractivity contribution in [1.29, 1.82) is 0 Å².